The summed E-state index contributed by atoms with van der Waals surface area (Å²) in [5, 5.41) is 12.1. The number of hydrazine groups is 1. The van der Waals surface area contributed by atoms with Crippen molar-refractivity contribution in [1.29, 1.82) is 0 Å². The van der Waals surface area contributed by atoms with E-state index >= 15 is 0 Å². The van der Waals surface area contributed by atoms with E-state index in [0.29, 0.717) is 12.1 Å². The van der Waals surface area contributed by atoms with E-state index in [9.17, 15) is 24.3 Å². The summed E-state index contributed by atoms with van der Waals surface area (Å²) in [4.78, 5) is 48.3. The molecule has 4 rings (SSSR count). The molecule has 4 N–H and O–H groups in total. The molecule has 1 saturated carbocycles. The maximum atomic E-state index is 12.5. The lowest BCUT2D eigenvalue weighted by atomic mass is 9.82. The molecule has 2 aliphatic carbocycles. The maximum Gasteiger partial charge on any atom is 0.307 e. The second-order valence-electron chi connectivity index (χ2n) is 7.29. The van der Waals surface area contributed by atoms with E-state index in [1.54, 1.807) is 18.2 Å². The highest BCUT2D eigenvalue weighted by Crippen LogP contribution is 2.48. The van der Waals surface area contributed by atoms with Crippen molar-refractivity contribution in [3.63, 3.8) is 0 Å². The first-order chi connectivity index (χ1) is 14.4. The van der Waals surface area contributed by atoms with Gasteiger partial charge in [-0.25, -0.2) is 0 Å². The van der Waals surface area contributed by atoms with Gasteiger partial charge in [-0.3, -0.25) is 30.0 Å². The summed E-state index contributed by atoms with van der Waals surface area (Å²) in [6, 6.07) is 9.18. The molecule has 1 aromatic carbocycles. The highest BCUT2D eigenvalue weighted by Gasteiger charge is 2.51. The Kier molecular flexibility index (Phi) is 5.09. The van der Waals surface area contributed by atoms with Crippen molar-refractivity contribution in [1.82, 2.24) is 10.9 Å². The van der Waals surface area contributed by atoms with Crippen LogP contribution < -0.4 is 16.2 Å². The van der Waals surface area contributed by atoms with Crippen LogP contribution in [0.2, 0.25) is 0 Å². The number of fused-ring (bicyclic) bond motifs is 2. The second-order valence-corrected chi connectivity index (χ2v) is 7.29. The van der Waals surface area contributed by atoms with Gasteiger partial charge in [-0.1, -0.05) is 12.2 Å². The van der Waals surface area contributed by atoms with Crippen LogP contribution in [0.25, 0.3) is 0 Å². The fraction of sp³-hybridized carbons (Fsp3) is 0.238. The van der Waals surface area contributed by atoms with Gasteiger partial charge in [0.25, 0.3) is 11.8 Å². The van der Waals surface area contributed by atoms with Gasteiger partial charge in [0.1, 0.15) is 0 Å². The molecule has 4 atom stereocenters. The smallest absolute Gasteiger partial charge is 0.307 e. The Balaban J connectivity index is 1.33. The van der Waals surface area contributed by atoms with Gasteiger partial charge < -0.3 is 14.8 Å². The molecule has 1 aromatic heterocycles. The molecule has 1 fully saturated rings. The molecule has 154 valence electrons. The molecule has 1 heterocycles. The molecule has 30 heavy (non-hydrogen) atoms. The van der Waals surface area contributed by atoms with Crippen LogP contribution in [0, 0.1) is 23.7 Å². The van der Waals surface area contributed by atoms with Gasteiger partial charge >= 0.3 is 5.97 Å². The minimum Gasteiger partial charge on any atom is -0.481 e. The lowest BCUT2D eigenvalue weighted by Gasteiger charge is -2.23. The van der Waals surface area contributed by atoms with Crippen LogP contribution in [0.5, 0.6) is 0 Å². The highest BCUT2D eigenvalue weighted by atomic mass is 16.4. The molecule has 2 aliphatic rings. The number of allylic oxidation sites excluding steroid dienone is 2. The summed E-state index contributed by atoms with van der Waals surface area (Å²) in [7, 11) is 0. The number of rotatable bonds is 5. The van der Waals surface area contributed by atoms with Gasteiger partial charge in [0.15, 0.2) is 5.76 Å². The number of benzene rings is 1. The quantitative estimate of drug-likeness (QED) is 0.439. The topological polar surface area (TPSA) is 138 Å². The summed E-state index contributed by atoms with van der Waals surface area (Å²) >= 11 is 0. The summed E-state index contributed by atoms with van der Waals surface area (Å²) in [5.74, 6) is -4.12. The number of furan rings is 1. The third-order valence-electron chi connectivity index (χ3n) is 5.50. The van der Waals surface area contributed by atoms with E-state index in [4.69, 9.17) is 4.42 Å². The van der Waals surface area contributed by atoms with Gasteiger partial charge in [0.2, 0.25) is 5.91 Å². The molecule has 4 unspecified atom stereocenters. The molecule has 0 radical (unpaired) electrons. The number of carboxylic acid groups (broad SMARTS) is 1. The van der Waals surface area contributed by atoms with E-state index in [2.05, 4.69) is 16.2 Å². The van der Waals surface area contributed by atoms with Gasteiger partial charge in [-0.2, -0.15) is 0 Å². The fourth-order valence-corrected chi connectivity index (χ4v) is 4.10. The first-order valence-electron chi connectivity index (χ1n) is 9.40. The monoisotopic (exact) mass is 409 g/mol. The number of hydrogen-bond donors (Lipinski definition) is 4. The number of amides is 3. The third kappa shape index (κ3) is 3.69. The van der Waals surface area contributed by atoms with Crippen LogP contribution >= 0.6 is 0 Å². The molecule has 0 aliphatic heterocycles. The normalized spacial score (nSPS) is 23.7. The van der Waals surface area contributed by atoms with Crippen molar-refractivity contribution in [2.24, 2.45) is 23.7 Å². The lowest BCUT2D eigenvalue weighted by molar-refractivity contribution is -0.148. The van der Waals surface area contributed by atoms with Crippen LogP contribution in [0.15, 0.2) is 59.2 Å². The Morgan fingerprint density at radius 1 is 0.900 bits per heavy atom. The van der Waals surface area contributed by atoms with Crippen molar-refractivity contribution in [3.8, 4) is 0 Å². The van der Waals surface area contributed by atoms with Crippen molar-refractivity contribution in [3.05, 3.63) is 66.1 Å². The fourth-order valence-electron chi connectivity index (χ4n) is 4.10. The first-order valence-corrected chi connectivity index (χ1v) is 9.40. The van der Waals surface area contributed by atoms with Crippen molar-refractivity contribution in [2.45, 2.75) is 6.42 Å². The van der Waals surface area contributed by atoms with Crippen molar-refractivity contribution in [2.75, 3.05) is 5.32 Å². The number of carbonyl (C=O) groups excluding carboxylic acids is 3. The van der Waals surface area contributed by atoms with Crippen LogP contribution in [-0.2, 0) is 9.59 Å². The predicted molar refractivity (Wildman–Crippen MR) is 104 cm³/mol. The number of carbonyl (C=O) groups is 4. The lowest BCUT2D eigenvalue weighted by Crippen LogP contribution is -2.48. The Labute approximate surface area is 171 Å². The van der Waals surface area contributed by atoms with Crippen LogP contribution in [0.3, 0.4) is 0 Å². The Morgan fingerprint density at radius 2 is 1.60 bits per heavy atom. The van der Waals surface area contributed by atoms with Crippen LogP contribution in [0.4, 0.5) is 5.69 Å². The summed E-state index contributed by atoms with van der Waals surface area (Å²) in [5.41, 5.74) is 5.39. The van der Waals surface area contributed by atoms with Crippen LogP contribution in [0.1, 0.15) is 27.3 Å². The molecule has 2 aromatic rings. The Hall–Kier alpha value is -3.88. The van der Waals surface area contributed by atoms with E-state index < -0.39 is 35.5 Å². The van der Waals surface area contributed by atoms with Gasteiger partial charge in [0, 0.05) is 11.3 Å². The number of aliphatic carboxylic acids is 1. The molecular weight excluding hydrogens is 390 g/mol. The molecule has 2 bridgehead atoms. The minimum atomic E-state index is -1.01. The van der Waals surface area contributed by atoms with Gasteiger partial charge in [-0.15, -0.1) is 0 Å². The zero-order chi connectivity index (χ0) is 21.3. The minimum absolute atomic E-state index is 0.134. The summed E-state index contributed by atoms with van der Waals surface area (Å²) in [6.07, 6.45) is 5.74. The summed E-state index contributed by atoms with van der Waals surface area (Å²) in [6.45, 7) is 0. The number of hydrogen-bond acceptors (Lipinski definition) is 5. The Morgan fingerprint density at radius 3 is 2.23 bits per heavy atom. The summed E-state index contributed by atoms with van der Waals surface area (Å²) < 4.78 is 5.01. The van der Waals surface area contributed by atoms with Crippen LogP contribution in [-0.4, -0.2) is 28.8 Å². The first kappa shape index (κ1) is 19.4. The second kappa shape index (κ2) is 7.86. The molecule has 9 heteroatoms. The van der Waals surface area contributed by atoms with Crippen molar-refractivity contribution >= 4 is 29.4 Å². The van der Waals surface area contributed by atoms with Gasteiger partial charge in [0.05, 0.1) is 18.1 Å². The number of anilines is 1. The molecule has 3 amide bonds. The maximum absolute atomic E-state index is 12.5. The van der Waals surface area contributed by atoms with Crippen molar-refractivity contribution < 1.29 is 28.7 Å². The zero-order valence-electron chi connectivity index (χ0n) is 15.7. The van der Waals surface area contributed by atoms with E-state index in [0.717, 1.165) is 0 Å². The van der Waals surface area contributed by atoms with E-state index in [1.807, 2.05) is 12.2 Å². The molecule has 0 spiro atoms. The number of carboxylic acids is 1. The average Bonchev–Trinajstić information content (AvgIpc) is 3.49. The third-order valence-corrected chi connectivity index (χ3v) is 5.50. The van der Waals surface area contributed by atoms with E-state index in [1.165, 1.54) is 24.5 Å². The molecule has 9 nitrogen and oxygen atoms in total. The largest absolute Gasteiger partial charge is 0.481 e. The molecule has 0 saturated heterocycles. The zero-order valence-corrected chi connectivity index (χ0v) is 15.7. The number of nitrogens with one attached hydrogen (secondary N) is 3. The van der Waals surface area contributed by atoms with E-state index in [-0.39, 0.29) is 23.2 Å². The standard InChI is InChI=1S/C21H19N3O6/c25-18(11-5-7-14(8-6-11)22-19(26)15-2-1-9-30-15)23-24-20(27)16-12-3-4-13(10-12)17(16)21(28)29/h1-9,12-13,16-17H,10H2,(H,22,26)(H,23,25)(H,24,27)(H,28,29). The average molecular weight is 409 g/mol. The Bertz CT molecular complexity index is 1010. The SMILES string of the molecule is O=C(NNC(=O)C1C2C=CC(C2)C1C(=O)O)c1ccc(NC(=O)c2ccco2)cc1. The van der Waals surface area contributed by atoms with Gasteiger partial charge in [-0.05, 0) is 54.7 Å². The highest BCUT2D eigenvalue weighted by molar-refractivity contribution is 6.02. The molecular formula is C21H19N3O6. The predicted octanol–water partition coefficient (Wildman–Crippen LogP) is 1.82.